The third-order valence-electron chi connectivity index (χ3n) is 6.11. The summed E-state index contributed by atoms with van der Waals surface area (Å²) in [5, 5.41) is 0.733. The van der Waals surface area contributed by atoms with E-state index in [2.05, 4.69) is 33.9 Å². The Bertz CT molecular complexity index is 968. The molecule has 0 unspecified atom stereocenters. The molecule has 0 amide bonds. The van der Waals surface area contributed by atoms with E-state index in [0.717, 1.165) is 48.1 Å². The van der Waals surface area contributed by atoms with Crippen molar-refractivity contribution in [2.75, 3.05) is 51.7 Å². The molecule has 4 rings (SSSR count). The monoisotopic (exact) mass is 430 g/mol. The number of methoxy groups -OCH3 is 2. The zero-order valence-corrected chi connectivity index (χ0v) is 19.0. The molecule has 0 aliphatic carbocycles. The minimum absolute atomic E-state index is 0.000518. The van der Waals surface area contributed by atoms with Gasteiger partial charge < -0.3 is 23.7 Å². The van der Waals surface area contributed by atoms with E-state index in [1.54, 1.807) is 20.3 Å². The summed E-state index contributed by atoms with van der Waals surface area (Å²) >= 11 is 1.94. The largest absolute Gasteiger partial charge is 0.476 e. The van der Waals surface area contributed by atoms with Crippen LogP contribution < -0.4 is 15.1 Å². The first kappa shape index (κ1) is 21.3. The van der Waals surface area contributed by atoms with Crippen LogP contribution in [0.15, 0.2) is 29.1 Å². The predicted molar refractivity (Wildman–Crippen MR) is 122 cm³/mol. The molecule has 1 fully saturated rings. The molecular weight excluding hydrogens is 400 g/mol. The Labute approximate surface area is 182 Å². The maximum Gasteiger partial charge on any atom is 0.197 e. The van der Waals surface area contributed by atoms with Crippen LogP contribution in [0.4, 0.5) is 5.69 Å². The van der Waals surface area contributed by atoms with Crippen LogP contribution in [0.1, 0.15) is 11.1 Å². The minimum atomic E-state index is -0.178. The van der Waals surface area contributed by atoms with Crippen molar-refractivity contribution in [3.05, 3.63) is 45.6 Å². The van der Waals surface area contributed by atoms with Crippen LogP contribution in [0.5, 0.6) is 5.88 Å². The SMILES string of the molecule is COC[C@@H](COc1cc(=O)c(C)c2n1CCc1cc(N3CC(SC)C3)ccc1-2)OC. The number of hydrogen-bond acceptors (Lipinski definition) is 6. The molecule has 0 radical (unpaired) electrons. The molecule has 2 aliphatic heterocycles. The van der Waals surface area contributed by atoms with E-state index in [1.807, 2.05) is 18.7 Å². The highest BCUT2D eigenvalue weighted by atomic mass is 32.2. The molecule has 1 aromatic heterocycles. The number of fused-ring (bicyclic) bond motifs is 3. The van der Waals surface area contributed by atoms with Crippen molar-refractivity contribution < 1.29 is 14.2 Å². The van der Waals surface area contributed by atoms with Gasteiger partial charge in [-0.05, 0) is 37.3 Å². The highest BCUT2D eigenvalue weighted by Gasteiger charge is 2.28. The molecule has 0 N–H and O–H groups in total. The first-order valence-electron chi connectivity index (χ1n) is 10.4. The number of nitrogens with zero attached hydrogens (tertiary/aromatic N) is 2. The molecular formula is C23H30N2O4S. The molecule has 1 atom stereocenters. The van der Waals surface area contributed by atoms with Crippen LogP contribution in [0.3, 0.4) is 0 Å². The number of ether oxygens (including phenoxy) is 3. The molecule has 0 saturated carbocycles. The fourth-order valence-electron chi connectivity index (χ4n) is 4.21. The molecule has 0 spiro atoms. The topological polar surface area (TPSA) is 52.9 Å². The number of pyridine rings is 1. The molecule has 1 saturated heterocycles. The number of aryl methyl sites for hydroxylation is 1. The third kappa shape index (κ3) is 3.98. The highest BCUT2D eigenvalue weighted by Crippen LogP contribution is 2.37. The lowest BCUT2D eigenvalue weighted by atomic mass is 9.93. The Kier molecular flexibility index (Phi) is 6.41. The van der Waals surface area contributed by atoms with Crippen molar-refractivity contribution in [3.63, 3.8) is 0 Å². The predicted octanol–water partition coefficient (Wildman–Crippen LogP) is 2.97. The van der Waals surface area contributed by atoms with Crippen molar-refractivity contribution in [1.82, 2.24) is 4.57 Å². The van der Waals surface area contributed by atoms with Crippen LogP contribution in [0.25, 0.3) is 11.3 Å². The van der Waals surface area contributed by atoms with Crippen molar-refractivity contribution in [3.8, 4) is 17.1 Å². The van der Waals surface area contributed by atoms with Gasteiger partial charge in [0.25, 0.3) is 0 Å². The van der Waals surface area contributed by atoms with E-state index < -0.39 is 0 Å². The molecule has 6 nitrogen and oxygen atoms in total. The van der Waals surface area contributed by atoms with E-state index >= 15 is 0 Å². The number of benzene rings is 1. The van der Waals surface area contributed by atoms with Crippen molar-refractivity contribution in [2.24, 2.45) is 0 Å². The van der Waals surface area contributed by atoms with Gasteiger partial charge in [0.05, 0.1) is 12.3 Å². The van der Waals surface area contributed by atoms with Crippen LogP contribution >= 0.6 is 11.8 Å². The smallest absolute Gasteiger partial charge is 0.197 e. The zero-order chi connectivity index (χ0) is 21.3. The summed E-state index contributed by atoms with van der Waals surface area (Å²) in [4.78, 5) is 15.1. The lowest BCUT2D eigenvalue weighted by Crippen LogP contribution is -2.49. The van der Waals surface area contributed by atoms with Gasteiger partial charge in [0.1, 0.15) is 12.7 Å². The van der Waals surface area contributed by atoms with Gasteiger partial charge in [-0.3, -0.25) is 4.79 Å². The Morgan fingerprint density at radius 3 is 2.70 bits per heavy atom. The van der Waals surface area contributed by atoms with E-state index in [1.165, 1.54) is 11.3 Å². The van der Waals surface area contributed by atoms with Gasteiger partial charge in [0.2, 0.25) is 0 Å². The highest BCUT2D eigenvalue weighted by molar-refractivity contribution is 7.99. The fourth-order valence-corrected chi connectivity index (χ4v) is 4.87. The van der Waals surface area contributed by atoms with Gasteiger partial charge in [0.15, 0.2) is 11.3 Å². The van der Waals surface area contributed by atoms with Gasteiger partial charge in [-0.25, -0.2) is 0 Å². The molecule has 3 heterocycles. The van der Waals surface area contributed by atoms with Crippen LogP contribution in [-0.2, 0) is 22.4 Å². The second-order valence-electron chi connectivity index (χ2n) is 7.95. The Balaban J connectivity index is 1.64. The van der Waals surface area contributed by atoms with Crippen LogP contribution in [0, 0.1) is 6.92 Å². The van der Waals surface area contributed by atoms with E-state index in [4.69, 9.17) is 14.2 Å². The molecule has 162 valence electrons. The second kappa shape index (κ2) is 9.04. The molecule has 7 heteroatoms. The number of aromatic nitrogens is 1. The molecule has 0 bridgehead atoms. The summed E-state index contributed by atoms with van der Waals surface area (Å²) in [6.45, 7) is 5.69. The summed E-state index contributed by atoms with van der Waals surface area (Å²) in [7, 11) is 3.27. The molecule has 2 aromatic rings. The number of thioether (sulfide) groups is 1. The van der Waals surface area contributed by atoms with Crippen molar-refractivity contribution in [1.29, 1.82) is 0 Å². The molecule has 2 aliphatic rings. The fraction of sp³-hybridized carbons (Fsp3) is 0.522. The van der Waals surface area contributed by atoms with Gasteiger partial charge in [-0.2, -0.15) is 11.8 Å². The maximum atomic E-state index is 12.7. The average Bonchev–Trinajstić information content (AvgIpc) is 2.72. The first-order chi connectivity index (χ1) is 14.5. The maximum absolute atomic E-state index is 12.7. The van der Waals surface area contributed by atoms with Crippen molar-refractivity contribution in [2.45, 2.75) is 31.2 Å². The number of anilines is 1. The van der Waals surface area contributed by atoms with Gasteiger partial charge in [0, 0.05) is 62.0 Å². The normalized spacial score (nSPS) is 16.6. The summed E-state index contributed by atoms with van der Waals surface area (Å²) in [5.41, 5.74) is 5.45. The summed E-state index contributed by atoms with van der Waals surface area (Å²) in [5.74, 6) is 0.596. The quantitative estimate of drug-likeness (QED) is 0.642. The average molecular weight is 431 g/mol. The number of rotatable bonds is 8. The van der Waals surface area contributed by atoms with Crippen LogP contribution in [-0.4, -0.2) is 62.7 Å². The third-order valence-corrected chi connectivity index (χ3v) is 7.08. The van der Waals surface area contributed by atoms with E-state index in [0.29, 0.717) is 19.1 Å². The van der Waals surface area contributed by atoms with Crippen molar-refractivity contribution >= 4 is 17.4 Å². The van der Waals surface area contributed by atoms with Crippen LogP contribution in [0.2, 0.25) is 0 Å². The van der Waals surface area contributed by atoms with E-state index in [-0.39, 0.29) is 11.5 Å². The Morgan fingerprint density at radius 2 is 2.00 bits per heavy atom. The zero-order valence-electron chi connectivity index (χ0n) is 18.1. The minimum Gasteiger partial charge on any atom is -0.476 e. The summed E-state index contributed by atoms with van der Waals surface area (Å²) in [6, 6.07) is 8.25. The Morgan fingerprint density at radius 1 is 1.20 bits per heavy atom. The summed E-state index contributed by atoms with van der Waals surface area (Å²) < 4.78 is 18.7. The Hall–Kier alpha value is -1.96. The molecule has 1 aromatic carbocycles. The van der Waals surface area contributed by atoms with Gasteiger partial charge >= 0.3 is 0 Å². The first-order valence-corrected chi connectivity index (χ1v) is 11.6. The number of hydrogen-bond donors (Lipinski definition) is 0. The lowest BCUT2D eigenvalue weighted by molar-refractivity contribution is -0.000948. The summed E-state index contributed by atoms with van der Waals surface area (Å²) in [6.07, 6.45) is 2.92. The second-order valence-corrected chi connectivity index (χ2v) is 9.09. The standard InChI is InChI=1S/C23H30N2O4S/c1-15-21(26)10-22(29-14-18(28-3)13-27-2)25-8-7-16-9-17(5-6-20(16)23(15)25)24-11-19(12-24)30-4/h5-6,9-10,18-19H,7-8,11-14H2,1-4H3/t18-/m0/s1. The van der Waals surface area contributed by atoms with Gasteiger partial charge in [-0.1, -0.05) is 6.07 Å². The van der Waals surface area contributed by atoms with E-state index in [9.17, 15) is 4.79 Å². The lowest BCUT2D eigenvalue weighted by Gasteiger charge is -2.40. The van der Waals surface area contributed by atoms with Gasteiger partial charge in [-0.15, -0.1) is 0 Å². The molecule has 30 heavy (non-hydrogen) atoms.